The van der Waals surface area contributed by atoms with Gasteiger partial charge in [0.05, 0.1) is 11.3 Å². The summed E-state index contributed by atoms with van der Waals surface area (Å²) < 4.78 is 0. The van der Waals surface area contributed by atoms with Gasteiger partial charge in [-0.1, -0.05) is 0 Å². The number of likely N-dealkylation sites (N-methyl/N-ethyl adjacent to an activating group) is 1. The van der Waals surface area contributed by atoms with Crippen LogP contribution in [0.15, 0.2) is 18.5 Å². The Morgan fingerprint density at radius 3 is 3.31 bits per heavy atom. The molecule has 0 aromatic carbocycles. The van der Waals surface area contributed by atoms with Crippen LogP contribution >= 0.6 is 0 Å². The number of aromatic nitrogens is 1. The lowest BCUT2D eigenvalue weighted by molar-refractivity contribution is 0.0957. The SMILES string of the molecule is CN1CCNC(=O)c2cnccc21. The second-order valence-electron chi connectivity index (χ2n) is 3.07. The van der Waals surface area contributed by atoms with E-state index in [1.54, 1.807) is 12.4 Å². The summed E-state index contributed by atoms with van der Waals surface area (Å²) in [6, 6.07) is 1.86. The number of hydrogen-bond acceptors (Lipinski definition) is 3. The Morgan fingerprint density at radius 1 is 1.62 bits per heavy atom. The molecule has 1 aromatic rings. The second-order valence-corrected chi connectivity index (χ2v) is 3.07. The van der Waals surface area contributed by atoms with Crippen LogP contribution in [-0.2, 0) is 0 Å². The monoisotopic (exact) mass is 177 g/mol. The highest BCUT2D eigenvalue weighted by molar-refractivity contribution is 5.99. The summed E-state index contributed by atoms with van der Waals surface area (Å²) >= 11 is 0. The van der Waals surface area contributed by atoms with Gasteiger partial charge in [-0.3, -0.25) is 9.78 Å². The summed E-state index contributed by atoms with van der Waals surface area (Å²) in [5.41, 5.74) is 1.60. The van der Waals surface area contributed by atoms with E-state index in [2.05, 4.69) is 15.2 Å². The third-order valence-corrected chi connectivity index (χ3v) is 2.19. The van der Waals surface area contributed by atoms with Gasteiger partial charge in [0.2, 0.25) is 0 Å². The van der Waals surface area contributed by atoms with Crippen molar-refractivity contribution in [3.05, 3.63) is 24.0 Å². The van der Waals surface area contributed by atoms with Gasteiger partial charge in [0.1, 0.15) is 0 Å². The average Bonchev–Trinajstić information content (AvgIpc) is 2.29. The Kier molecular flexibility index (Phi) is 1.88. The summed E-state index contributed by atoms with van der Waals surface area (Å²) in [6.07, 6.45) is 3.31. The van der Waals surface area contributed by atoms with E-state index in [1.165, 1.54) is 0 Å². The maximum atomic E-state index is 11.5. The molecule has 0 unspecified atom stereocenters. The van der Waals surface area contributed by atoms with Gasteiger partial charge in [0.25, 0.3) is 5.91 Å². The van der Waals surface area contributed by atoms with Crippen LogP contribution in [0.4, 0.5) is 5.69 Å². The van der Waals surface area contributed by atoms with Crippen LogP contribution in [-0.4, -0.2) is 31.0 Å². The van der Waals surface area contributed by atoms with Gasteiger partial charge < -0.3 is 10.2 Å². The average molecular weight is 177 g/mol. The van der Waals surface area contributed by atoms with Crippen molar-refractivity contribution < 1.29 is 4.79 Å². The first-order chi connectivity index (χ1) is 6.29. The van der Waals surface area contributed by atoms with Crippen molar-refractivity contribution in [1.29, 1.82) is 0 Å². The van der Waals surface area contributed by atoms with Crippen molar-refractivity contribution >= 4 is 11.6 Å². The quantitative estimate of drug-likeness (QED) is 0.618. The van der Waals surface area contributed by atoms with Crippen LogP contribution in [0.2, 0.25) is 0 Å². The Balaban J connectivity index is 2.51. The van der Waals surface area contributed by atoms with Crippen LogP contribution in [0, 0.1) is 0 Å². The highest BCUT2D eigenvalue weighted by Crippen LogP contribution is 2.18. The second kappa shape index (κ2) is 3.05. The summed E-state index contributed by atoms with van der Waals surface area (Å²) in [7, 11) is 1.97. The van der Waals surface area contributed by atoms with Crippen LogP contribution in [0.5, 0.6) is 0 Å². The summed E-state index contributed by atoms with van der Waals surface area (Å²) in [5, 5.41) is 2.81. The predicted molar refractivity (Wildman–Crippen MR) is 49.8 cm³/mol. The van der Waals surface area contributed by atoms with Crippen molar-refractivity contribution in [2.75, 3.05) is 25.0 Å². The smallest absolute Gasteiger partial charge is 0.255 e. The number of hydrogen-bond donors (Lipinski definition) is 1. The predicted octanol–water partition coefficient (Wildman–Crippen LogP) is 0.261. The molecule has 2 heterocycles. The Bertz CT molecular complexity index is 337. The molecule has 1 amide bonds. The fraction of sp³-hybridized carbons (Fsp3) is 0.333. The number of nitrogens with zero attached hydrogens (tertiary/aromatic N) is 2. The Morgan fingerprint density at radius 2 is 2.46 bits per heavy atom. The number of carbonyl (C=O) groups excluding carboxylic acids is 1. The zero-order valence-electron chi connectivity index (χ0n) is 7.45. The molecule has 0 aliphatic carbocycles. The highest BCUT2D eigenvalue weighted by Gasteiger charge is 2.17. The zero-order valence-corrected chi connectivity index (χ0v) is 7.45. The number of fused-ring (bicyclic) bond motifs is 1. The van der Waals surface area contributed by atoms with Gasteiger partial charge in [-0.05, 0) is 6.07 Å². The van der Waals surface area contributed by atoms with Gasteiger partial charge in [-0.2, -0.15) is 0 Å². The molecule has 0 fully saturated rings. The number of rotatable bonds is 0. The van der Waals surface area contributed by atoms with Crippen LogP contribution < -0.4 is 10.2 Å². The molecule has 1 aliphatic rings. The number of pyridine rings is 1. The molecule has 2 rings (SSSR count). The standard InChI is InChI=1S/C9H11N3O/c1-12-5-4-11-9(13)7-6-10-3-2-8(7)12/h2-3,6H,4-5H2,1H3,(H,11,13). The van der Waals surface area contributed by atoms with E-state index in [-0.39, 0.29) is 5.91 Å². The first-order valence-electron chi connectivity index (χ1n) is 4.22. The van der Waals surface area contributed by atoms with Crippen molar-refractivity contribution in [3.8, 4) is 0 Å². The van der Waals surface area contributed by atoms with Gasteiger partial charge in [-0.25, -0.2) is 0 Å². The van der Waals surface area contributed by atoms with E-state index < -0.39 is 0 Å². The fourth-order valence-corrected chi connectivity index (χ4v) is 1.45. The molecule has 1 N–H and O–H groups in total. The normalized spacial score (nSPS) is 16.1. The van der Waals surface area contributed by atoms with Gasteiger partial charge in [-0.15, -0.1) is 0 Å². The molecule has 0 spiro atoms. The maximum Gasteiger partial charge on any atom is 0.255 e. The molecular formula is C9H11N3O. The number of amides is 1. The zero-order chi connectivity index (χ0) is 9.26. The lowest BCUT2D eigenvalue weighted by atomic mass is 10.2. The molecule has 4 nitrogen and oxygen atoms in total. The molecule has 0 saturated carbocycles. The van der Waals surface area contributed by atoms with Crippen molar-refractivity contribution in [2.24, 2.45) is 0 Å². The lowest BCUT2D eigenvalue weighted by Gasteiger charge is -2.16. The summed E-state index contributed by atoms with van der Waals surface area (Å²) in [5.74, 6) is -0.0348. The molecule has 4 heteroatoms. The number of carbonyl (C=O) groups is 1. The minimum atomic E-state index is -0.0348. The molecule has 0 saturated heterocycles. The molecule has 68 valence electrons. The molecule has 0 bridgehead atoms. The molecule has 0 atom stereocenters. The lowest BCUT2D eigenvalue weighted by Crippen LogP contribution is -2.27. The fourth-order valence-electron chi connectivity index (χ4n) is 1.45. The first-order valence-corrected chi connectivity index (χ1v) is 4.22. The minimum absolute atomic E-state index is 0.0348. The van der Waals surface area contributed by atoms with Crippen molar-refractivity contribution in [3.63, 3.8) is 0 Å². The van der Waals surface area contributed by atoms with E-state index in [4.69, 9.17) is 0 Å². The van der Waals surface area contributed by atoms with Crippen LogP contribution in [0.1, 0.15) is 10.4 Å². The molecule has 0 radical (unpaired) electrons. The number of nitrogens with one attached hydrogen (secondary N) is 1. The van der Waals surface area contributed by atoms with E-state index in [0.29, 0.717) is 12.1 Å². The number of anilines is 1. The third kappa shape index (κ3) is 1.35. The Labute approximate surface area is 76.6 Å². The van der Waals surface area contributed by atoms with Crippen LogP contribution in [0.3, 0.4) is 0 Å². The van der Waals surface area contributed by atoms with Crippen LogP contribution in [0.25, 0.3) is 0 Å². The molecule has 13 heavy (non-hydrogen) atoms. The summed E-state index contributed by atoms with van der Waals surface area (Å²) in [4.78, 5) is 17.5. The van der Waals surface area contributed by atoms with E-state index in [9.17, 15) is 4.79 Å². The maximum absolute atomic E-state index is 11.5. The van der Waals surface area contributed by atoms with E-state index in [0.717, 1.165) is 12.2 Å². The third-order valence-electron chi connectivity index (χ3n) is 2.19. The van der Waals surface area contributed by atoms with Gasteiger partial charge >= 0.3 is 0 Å². The molecule has 1 aliphatic heterocycles. The van der Waals surface area contributed by atoms with E-state index >= 15 is 0 Å². The minimum Gasteiger partial charge on any atom is -0.372 e. The van der Waals surface area contributed by atoms with Gasteiger partial charge in [0, 0.05) is 32.5 Å². The summed E-state index contributed by atoms with van der Waals surface area (Å²) in [6.45, 7) is 1.52. The van der Waals surface area contributed by atoms with Crippen molar-refractivity contribution in [1.82, 2.24) is 10.3 Å². The highest BCUT2D eigenvalue weighted by atomic mass is 16.1. The Hall–Kier alpha value is -1.58. The first kappa shape index (κ1) is 8.04. The van der Waals surface area contributed by atoms with Gasteiger partial charge in [0.15, 0.2) is 0 Å². The largest absolute Gasteiger partial charge is 0.372 e. The topological polar surface area (TPSA) is 45.2 Å². The molecular weight excluding hydrogens is 166 g/mol. The van der Waals surface area contributed by atoms with Crippen molar-refractivity contribution in [2.45, 2.75) is 0 Å². The molecule has 1 aromatic heterocycles. The van der Waals surface area contributed by atoms with E-state index in [1.807, 2.05) is 13.1 Å².